The average Bonchev–Trinajstić information content (AvgIpc) is 0.889. The molecule has 9 saturated heterocycles. The van der Waals surface area contributed by atoms with Gasteiger partial charge in [0.1, 0.15) is 67.1 Å². The van der Waals surface area contributed by atoms with Crippen molar-refractivity contribution in [2.75, 3.05) is 46.8 Å². The zero-order valence-corrected chi connectivity index (χ0v) is 85.6. The third kappa shape index (κ3) is 18.9. The van der Waals surface area contributed by atoms with Gasteiger partial charge in [0.05, 0.1) is 94.9 Å². The first-order chi connectivity index (χ1) is 65.9. The molecule has 18 unspecified atom stereocenters. The molecule has 26 nitrogen and oxygen atoms in total. The number of ether oxygens (including phenoxy) is 22. The Morgan fingerprint density at radius 2 is 1.15 bits per heavy atom. The zero-order chi connectivity index (χ0) is 97.7. The van der Waals surface area contributed by atoms with E-state index in [1.165, 1.54) is 11.9 Å². The third-order valence-electron chi connectivity index (χ3n) is 37.2. The van der Waals surface area contributed by atoms with E-state index in [0.29, 0.717) is 63.3 Å². The Bertz CT molecular complexity index is 4800. The van der Waals surface area contributed by atoms with Gasteiger partial charge in [-0.2, -0.15) is 0 Å². The van der Waals surface area contributed by atoms with Crippen LogP contribution < -0.4 is 5.73 Å². The predicted octanol–water partition coefficient (Wildman–Crippen LogP) is 17.9. The summed E-state index contributed by atoms with van der Waals surface area (Å²) < 4.78 is 155. The van der Waals surface area contributed by atoms with E-state index in [2.05, 4.69) is 96.1 Å². The molecule has 0 radical (unpaired) electrons. The van der Waals surface area contributed by atoms with Crippen molar-refractivity contribution >= 4 is 18.0 Å². The predicted molar refractivity (Wildman–Crippen MR) is 511 cm³/mol. The number of benzene rings is 4. The van der Waals surface area contributed by atoms with Crippen molar-refractivity contribution in [3.05, 3.63) is 155 Å². The van der Waals surface area contributed by atoms with Gasteiger partial charge in [-0.25, -0.2) is 0 Å². The Morgan fingerprint density at radius 3 is 1.83 bits per heavy atom. The molecular formula is C112H159NO25. The van der Waals surface area contributed by atoms with Gasteiger partial charge in [-0.05, 0) is 172 Å². The number of esters is 1. The van der Waals surface area contributed by atoms with E-state index in [9.17, 15) is 9.59 Å². The largest absolute Gasteiger partial charge is 0.432 e. The van der Waals surface area contributed by atoms with Gasteiger partial charge < -0.3 is 115 Å². The summed E-state index contributed by atoms with van der Waals surface area (Å²) in [5, 5.41) is 0. The van der Waals surface area contributed by atoms with Crippen molar-refractivity contribution < 1.29 is 119 Å². The van der Waals surface area contributed by atoms with Crippen molar-refractivity contribution in [3.8, 4) is 0 Å². The topological polar surface area (TPSA) is 280 Å². The third-order valence-corrected chi connectivity index (χ3v) is 37.2. The molecule has 2 N–H and O–H groups in total. The second kappa shape index (κ2) is 40.8. The van der Waals surface area contributed by atoms with Gasteiger partial charge in [-0.3, -0.25) is 9.59 Å². The SMILES string of the molecule is CCC1O[C@@H](OC2[C@H](O[C@H]3CCC4(C)C5CC=C6C7CC(C)(C)CC[C@]7(C(=O)O[C@@H]7OC(COCc8ccccc8)[C@H](N)C(C)C7O[C@@H]7OC(C)[C@H](O[C@@H]8OC[C@H](OCc9ccccc9)C(OC9%10COC[C@]9(COCc9ccccc9)O[C@@H](c9ccccc9)O%10)C8C)C8OC(C)(C)OC87)C(OC)C[C@@]6(C)[C@@]5(C)CC[C@H]4[C@@]3(C)C=O)OC(C(C)=O)[C@H](C)[C@@H]2O[C@@H]2OC[C@H](C)[C@H](C)C2C)C(C)[C@@H](C)[C@H]1C. The first kappa shape index (κ1) is 103. The van der Waals surface area contributed by atoms with E-state index in [1.54, 1.807) is 14.0 Å². The van der Waals surface area contributed by atoms with Crippen molar-refractivity contribution in [1.29, 1.82) is 0 Å². The first-order valence-electron chi connectivity index (χ1n) is 52.1. The molecule has 138 heavy (non-hydrogen) atoms. The molecule has 26 heteroatoms. The highest BCUT2D eigenvalue weighted by Crippen LogP contribution is 2.77. The molecule has 41 atom stereocenters. The maximum atomic E-state index is 17.1. The maximum absolute atomic E-state index is 17.1. The molecule has 4 aromatic carbocycles. The quantitative estimate of drug-likeness (QED) is 0.0220. The van der Waals surface area contributed by atoms with Crippen LogP contribution in [0.25, 0.3) is 0 Å². The maximum Gasteiger partial charge on any atom is 0.317 e. The molecule has 5 aliphatic carbocycles. The smallest absolute Gasteiger partial charge is 0.317 e. The molecule has 13 fully saturated rings. The van der Waals surface area contributed by atoms with Crippen LogP contribution in [0.1, 0.15) is 231 Å². The molecule has 18 rings (SSSR count). The van der Waals surface area contributed by atoms with Gasteiger partial charge >= 0.3 is 5.97 Å². The van der Waals surface area contributed by atoms with Crippen LogP contribution >= 0.6 is 0 Å². The fourth-order valence-corrected chi connectivity index (χ4v) is 27.9. The molecule has 762 valence electrons. The molecule has 4 aromatic rings. The number of methoxy groups -OCH3 is 1. The number of fused-ring (bicyclic) bond motifs is 9. The van der Waals surface area contributed by atoms with Gasteiger partial charge in [-0.15, -0.1) is 0 Å². The Kier molecular flexibility index (Phi) is 30.3. The molecule has 14 aliphatic rings. The summed E-state index contributed by atoms with van der Waals surface area (Å²) in [5.74, 6) is -3.86. The van der Waals surface area contributed by atoms with Crippen molar-refractivity contribution in [2.24, 2.45) is 109 Å². The highest BCUT2D eigenvalue weighted by atomic mass is 16.9. The summed E-state index contributed by atoms with van der Waals surface area (Å²) in [4.78, 5) is 46.0. The summed E-state index contributed by atoms with van der Waals surface area (Å²) in [6.45, 7) is 44.8. The number of carbonyl (C=O) groups is 3. The molecule has 0 aromatic heterocycles. The summed E-state index contributed by atoms with van der Waals surface area (Å²) >= 11 is 0. The summed E-state index contributed by atoms with van der Waals surface area (Å²) in [5.41, 5.74) is 7.67. The van der Waals surface area contributed by atoms with Crippen LogP contribution in [0.15, 0.2) is 133 Å². The van der Waals surface area contributed by atoms with E-state index in [1.807, 2.05) is 163 Å². The number of hydrogen-bond acceptors (Lipinski definition) is 26. The Hall–Kier alpha value is -5.45. The minimum atomic E-state index is -1.49. The van der Waals surface area contributed by atoms with Crippen LogP contribution in [0.5, 0.6) is 0 Å². The minimum absolute atomic E-state index is 0.00127. The van der Waals surface area contributed by atoms with E-state index < -0.39 is 187 Å². The lowest BCUT2D eigenvalue weighted by atomic mass is 9.33. The lowest BCUT2D eigenvalue weighted by Gasteiger charge is -2.71. The van der Waals surface area contributed by atoms with Gasteiger partial charge in [-0.1, -0.05) is 244 Å². The molecular weight excluding hydrogens is 1760 g/mol. The highest BCUT2D eigenvalue weighted by molar-refractivity contribution is 5.81. The molecule has 0 spiro atoms. The van der Waals surface area contributed by atoms with E-state index in [-0.39, 0.29) is 103 Å². The Labute approximate surface area is 818 Å². The highest BCUT2D eigenvalue weighted by Gasteiger charge is 2.75. The molecule has 0 bridgehead atoms. The van der Waals surface area contributed by atoms with Crippen molar-refractivity contribution in [1.82, 2.24) is 0 Å². The van der Waals surface area contributed by atoms with Crippen LogP contribution in [0, 0.1) is 104 Å². The van der Waals surface area contributed by atoms with E-state index >= 15 is 4.79 Å². The van der Waals surface area contributed by atoms with Crippen LogP contribution in [-0.2, 0) is 138 Å². The monoisotopic (exact) mass is 1920 g/mol. The number of ketones is 1. The molecule has 0 amide bonds. The fourth-order valence-electron chi connectivity index (χ4n) is 27.9. The first-order valence-corrected chi connectivity index (χ1v) is 52.1. The number of carbonyl (C=O) groups excluding carboxylic acids is 3. The van der Waals surface area contributed by atoms with E-state index in [4.69, 9.17) is 110 Å². The second-order valence-corrected chi connectivity index (χ2v) is 46.4. The number of rotatable bonds is 30. The summed E-state index contributed by atoms with van der Waals surface area (Å²) in [6.07, 6.45) is -6.25. The van der Waals surface area contributed by atoms with Crippen LogP contribution in [0.3, 0.4) is 0 Å². The second-order valence-electron chi connectivity index (χ2n) is 46.4. The van der Waals surface area contributed by atoms with Gasteiger partial charge in [0.2, 0.25) is 12.1 Å². The van der Waals surface area contributed by atoms with Crippen LogP contribution in [0.4, 0.5) is 0 Å². The van der Waals surface area contributed by atoms with Crippen molar-refractivity contribution in [3.63, 3.8) is 0 Å². The average molecular weight is 1920 g/mol. The molecule has 9 heterocycles. The normalized spacial score (nSPS) is 46.3. The Balaban J connectivity index is 0.616. The number of Topliss-reactive ketones (excluding diaryl/α,β-unsaturated/α-hetero) is 1. The Morgan fingerprint density at radius 1 is 0.529 bits per heavy atom. The van der Waals surface area contributed by atoms with E-state index in [0.717, 1.165) is 60.8 Å². The van der Waals surface area contributed by atoms with Gasteiger partial charge in [0, 0.05) is 48.3 Å². The number of nitrogens with two attached hydrogens (primary N) is 1. The lowest BCUT2D eigenvalue weighted by Crippen LogP contribution is -2.69. The standard InChI is InChI=1S/C112H159NO25/c1-22-80-66(5)65(4)68(7)98(125-80)132-94-90(129-96-67(6)64(3)63(2)53-122-96)70(9)88(72(11)115)128-101(94)127-85-46-47-106(17)83(107(85,18)59-114)45-48-108(19)84(106)44-43-78-79-51-104(13,14)49-50-111(79,86(117-21)52-109(78,108)20)103(116)133-100-91(69(8)87(113)81(126-100)57-118-54-74-35-27-23-28-36-74)130-102-95-93(134-105(15,16)135-95)92(73(12)124-102)131-97-71(10)89(82(58-123-97)121-56-76-39-31-25-32-40-76)136-112-62-120-61-110(112,60-119-55-75-37-29-24-30-38-75)137-99(138-112)77-41-33-26-34-42-77/h23-43,59,63-71,73,79-102H,22,44-58,60-62,113H2,1-21H3/t63-,64-,65-,66+,67?,68?,69?,70-,71?,73?,79?,80?,81?,82-,83+,84?,85-,86?,87+,88?,89?,90-,91?,92-,93?,94?,95?,96-,97-,98-,99+,100-,101+,102-,106?,107+,108-,109+,110-,111+,112?/m0/s1. The minimum Gasteiger partial charge on any atom is -0.432 e. The van der Waals surface area contributed by atoms with Crippen LogP contribution in [-0.4, -0.2) is 211 Å². The summed E-state index contributed by atoms with van der Waals surface area (Å²) in [6, 6.07) is 39.1. The van der Waals surface area contributed by atoms with Crippen LogP contribution in [0.2, 0.25) is 0 Å². The lowest BCUT2D eigenvalue weighted by molar-refractivity contribution is -0.374. The number of allylic oxidation sites excluding steroid dienone is 2. The molecule has 9 aliphatic heterocycles. The summed E-state index contributed by atoms with van der Waals surface area (Å²) in [7, 11) is 1.76. The van der Waals surface area contributed by atoms with Crippen molar-refractivity contribution in [2.45, 2.75) is 375 Å². The fraction of sp³-hybridized carbons (Fsp3) is 0.741. The zero-order valence-electron chi connectivity index (χ0n) is 85.6. The molecule has 4 saturated carbocycles. The number of hydrogen-bond donors (Lipinski definition) is 1. The van der Waals surface area contributed by atoms with Gasteiger partial charge in [0.25, 0.3) is 0 Å². The number of aldehydes is 1. The van der Waals surface area contributed by atoms with Gasteiger partial charge in [0.15, 0.2) is 54.9 Å².